The Bertz CT molecular complexity index is 701. The summed E-state index contributed by atoms with van der Waals surface area (Å²) in [6, 6.07) is 7.89. The molecule has 1 aliphatic heterocycles. The van der Waals surface area contributed by atoms with Crippen molar-refractivity contribution >= 4 is 17.4 Å². The average molecular weight is 345 g/mol. The molecule has 3 rings (SSSR count). The predicted octanol–water partition coefficient (Wildman–Crippen LogP) is 3.11. The number of ether oxygens (including phenoxy) is 1. The van der Waals surface area contributed by atoms with Gasteiger partial charge in [-0.05, 0) is 19.4 Å². The lowest BCUT2D eigenvalue weighted by molar-refractivity contribution is 0.233. The number of thiazole rings is 1. The molecule has 2 N–H and O–H groups in total. The molecule has 0 fully saturated rings. The van der Waals surface area contributed by atoms with Crippen LogP contribution >= 0.6 is 11.3 Å². The summed E-state index contributed by atoms with van der Waals surface area (Å²) in [6.07, 6.45) is 3.69. The molecule has 24 heavy (non-hydrogen) atoms. The number of benzene rings is 1. The highest BCUT2D eigenvalue weighted by Gasteiger charge is 2.29. The summed E-state index contributed by atoms with van der Waals surface area (Å²) in [7, 11) is 0. The maximum atomic E-state index is 12.1. The molecule has 1 aliphatic rings. The smallest absolute Gasteiger partial charge is 0.315 e. The van der Waals surface area contributed by atoms with Gasteiger partial charge in [-0.25, -0.2) is 9.78 Å². The van der Waals surface area contributed by atoms with E-state index in [9.17, 15) is 4.79 Å². The first-order valence-corrected chi connectivity index (χ1v) is 9.18. The van der Waals surface area contributed by atoms with Gasteiger partial charge >= 0.3 is 6.03 Å². The van der Waals surface area contributed by atoms with E-state index < -0.39 is 0 Å². The Hall–Kier alpha value is -2.08. The van der Waals surface area contributed by atoms with Gasteiger partial charge in [-0.15, -0.1) is 11.3 Å². The Morgan fingerprint density at radius 2 is 2.29 bits per heavy atom. The number of fused-ring (bicyclic) bond motifs is 1. The Kier molecular flexibility index (Phi) is 5.35. The summed E-state index contributed by atoms with van der Waals surface area (Å²) in [4.78, 5) is 17.7. The van der Waals surface area contributed by atoms with Crippen molar-refractivity contribution in [3.63, 3.8) is 0 Å². The second-order valence-corrected chi connectivity index (χ2v) is 7.17. The van der Waals surface area contributed by atoms with Gasteiger partial charge in [-0.3, -0.25) is 0 Å². The molecule has 1 aromatic carbocycles. The monoisotopic (exact) mass is 345 g/mol. The standard InChI is InChI=1S/C18H23N3O2S/c1-3-13-10-20-17(24-13)8-9-19-18(22)21-12(2)15-11-23-16-7-5-4-6-14(15)16/h4-7,10,12,15H,3,8-9,11H2,1-2H3,(H2,19,21,22). The van der Waals surface area contributed by atoms with Crippen LogP contribution in [-0.2, 0) is 12.8 Å². The van der Waals surface area contributed by atoms with Crippen LogP contribution in [0.1, 0.15) is 35.2 Å². The van der Waals surface area contributed by atoms with Crippen LogP contribution in [-0.4, -0.2) is 30.2 Å². The Morgan fingerprint density at radius 3 is 3.08 bits per heavy atom. The lowest BCUT2D eigenvalue weighted by Crippen LogP contribution is -2.44. The van der Waals surface area contributed by atoms with E-state index >= 15 is 0 Å². The summed E-state index contributed by atoms with van der Waals surface area (Å²) >= 11 is 1.71. The minimum absolute atomic E-state index is 0.0141. The summed E-state index contributed by atoms with van der Waals surface area (Å²) < 4.78 is 5.69. The molecule has 0 saturated heterocycles. The summed E-state index contributed by atoms with van der Waals surface area (Å²) in [6.45, 7) is 5.34. The molecule has 2 heterocycles. The molecule has 2 aromatic rings. The van der Waals surface area contributed by atoms with Crippen molar-refractivity contribution in [3.05, 3.63) is 45.9 Å². The molecular weight excluding hydrogens is 322 g/mol. The largest absolute Gasteiger partial charge is 0.493 e. The highest BCUT2D eigenvalue weighted by atomic mass is 32.1. The Labute approximate surface area is 146 Å². The van der Waals surface area contributed by atoms with E-state index in [1.54, 1.807) is 11.3 Å². The van der Waals surface area contributed by atoms with Crippen LogP contribution in [0.3, 0.4) is 0 Å². The van der Waals surface area contributed by atoms with Gasteiger partial charge in [-0.1, -0.05) is 25.1 Å². The maximum Gasteiger partial charge on any atom is 0.315 e. The quantitative estimate of drug-likeness (QED) is 0.845. The summed E-state index contributed by atoms with van der Waals surface area (Å²) in [5, 5.41) is 7.00. The van der Waals surface area contributed by atoms with E-state index in [2.05, 4.69) is 28.6 Å². The lowest BCUT2D eigenvalue weighted by Gasteiger charge is -2.20. The predicted molar refractivity (Wildman–Crippen MR) is 95.9 cm³/mol. The number of para-hydroxylation sites is 1. The van der Waals surface area contributed by atoms with E-state index in [4.69, 9.17) is 4.74 Å². The molecule has 1 aromatic heterocycles. The van der Waals surface area contributed by atoms with Crippen molar-refractivity contribution in [3.8, 4) is 5.75 Å². The van der Waals surface area contributed by atoms with Crippen molar-refractivity contribution in [1.82, 2.24) is 15.6 Å². The first-order chi connectivity index (χ1) is 11.7. The zero-order valence-electron chi connectivity index (χ0n) is 14.0. The number of nitrogens with one attached hydrogen (secondary N) is 2. The molecule has 0 radical (unpaired) electrons. The molecular formula is C18H23N3O2S. The number of urea groups is 1. The number of hydrogen-bond acceptors (Lipinski definition) is 4. The van der Waals surface area contributed by atoms with E-state index in [0.29, 0.717) is 13.2 Å². The Morgan fingerprint density at radius 1 is 1.46 bits per heavy atom. The highest BCUT2D eigenvalue weighted by Crippen LogP contribution is 2.35. The van der Waals surface area contributed by atoms with Crippen LogP contribution in [0.4, 0.5) is 4.79 Å². The molecule has 128 valence electrons. The molecule has 6 heteroatoms. The second kappa shape index (κ2) is 7.66. The topological polar surface area (TPSA) is 63.2 Å². The van der Waals surface area contributed by atoms with Crippen LogP contribution in [0, 0.1) is 0 Å². The van der Waals surface area contributed by atoms with Crippen LogP contribution < -0.4 is 15.4 Å². The van der Waals surface area contributed by atoms with Gasteiger partial charge in [-0.2, -0.15) is 0 Å². The first-order valence-electron chi connectivity index (χ1n) is 8.37. The lowest BCUT2D eigenvalue weighted by atomic mass is 9.94. The van der Waals surface area contributed by atoms with Gasteiger partial charge in [0.2, 0.25) is 0 Å². The fraction of sp³-hybridized carbons (Fsp3) is 0.444. The Balaban J connectivity index is 1.45. The normalized spacial score (nSPS) is 17.0. The number of aryl methyl sites for hydroxylation is 1. The SMILES string of the molecule is CCc1cnc(CCNC(=O)NC(C)C2COc3ccccc32)s1. The number of nitrogens with zero attached hydrogens (tertiary/aromatic N) is 1. The third kappa shape index (κ3) is 3.87. The van der Waals surface area contributed by atoms with Crippen LogP contribution in [0.2, 0.25) is 0 Å². The maximum absolute atomic E-state index is 12.1. The fourth-order valence-electron chi connectivity index (χ4n) is 2.87. The van der Waals surface area contributed by atoms with Gasteiger partial charge in [0, 0.05) is 41.6 Å². The number of rotatable bonds is 6. The molecule has 2 atom stereocenters. The van der Waals surface area contributed by atoms with Crippen LogP contribution in [0.5, 0.6) is 5.75 Å². The van der Waals surface area contributed by atoms with Gasteiger partial charge in [0.25, 0.3) is 0 Å². The van der Waals surface area contributed by atoms with Crippen molar-refractivity contribution in [2.75, 3.05) is 13.2 Å². The molecule has 2 unspecified atom stereocenters. The third-order valence-corrected chi connectivity index (χ3v) is 5.47. The second-order valence-electron chi connectivity index (χ2n) is 5.97. The molecule has 2 amide bonds. The highest BCUT2D eigenvalue weighted by molar-refractivity contribution is 7.11. The van der Waals surface area contributed by atoms with Gasteiger partial charge < -0.3 is 15.4 Å². The number of hydrogen-bond donors (Lipinski definition) is 2. The van der Waals surface area contributed by atoms with E-state index in [0.717, 1.165) is 23.6 Å². The van der Waals surface area contributed by atoms with Crippen LogP contribution in [0.25, 0.3) is 0 Å². The van der Waals surface area contributed by atoms with Gasteiger partial charge in [0.15, 0.2) is 0 Å². The summed E-state index contributed by atoms with van der Waals surface area (Å²) in [5.41, 5.74) is 1.17. The number of carbonyl (C=O) groups excluding carboxylic acids is 1. The summed E-state index contributed by atoms with van der Waals surface area (Å²) in [5.74, 6) is 1.12. The third-order valence-electron chi connectivity index (χ3n) is 4.27. The molecule has 0 saturated carbocycles. The van der Waals surface area contributed by atoms with Crippen molar-refractivity contribution in [2.45, 2.75) is 38.6 Å². The van der Waals surface area contributed by atoms with E-state index in [1.165, 1.54) is 10.4 Å². The van der Waals surface area contributed by atoms with Crippen LogP contribution in [0.15, 0.2) is 30.5 Å². The molecule has 0 bridgehead atoms. The fourth-order valence-corrected chi connectivity index (χ4v) is 3.73. The number of carbonyl (C=O) groups is 1. The van der Waals surface area contributed by atoms with E-state index in [1.807, 2.05) is 31.3 Å². The average Bonchev–Trinajstić information content (AvgIpc) is 3.21. The first kappa shape index (κ1) is 16.8. The van der Waals surface area contributed by atoms with Crippen molar-refractivity contribution < 1.29 is 9.53 Å². The van der Waals surface area contributed by atoms with Gasteiger partial charge in [0.05, 0.1) is 11.6 Å². The number of amides is 2. The zero-order valence-corrected chi connectivity index (χ0v) is 14.9. The van der Waals surface area contributed by atoms with Crippen molar-refractivity contribution in [2.24, 2.45) is 0 Å². The molecule has 5 nitrogen and oxygen atoms in total. The van der Waals surface area contributed by atoms with Gasteiger partial charge in [0.1, 0.15) is 5.75 Å². The minimum atomic E-state index is -0.140. The zero-order chi connectivity index (χ0) is 16.9. The van der Waals surface area contributed by atoms with E-state index in [-0.39, 0.29) is 18.0 Å². The minimum Gasteiger partial charge on any atom is -0.493 e. The molecule has 0 aliphatic carbocycles. The van der Waals surface area contributed by atoms with Crippen molar-refractivity contribution in [1.29, 1.82) is 0 Å². The molecule has 0 spiro atoms. The number of aromatic nitrogens is 1.